The predicted octanol–water partition coefficient (Wildman–Crippen LogP) is 4.60. The second-order valence-corrected chi connectivity index (χ2v) is 7.57. The Hall–Kier alpha value is -2.39. The maximum atomic E-state index is 4.55. The normalized spacial score (nSPS) is 13.0. The molecule has 0 aliphatic heterocycles. The molecule has 0 aliphatic carbocycles. The number of nitrogens with zero attached hydrogens (tertiary/aromatic N) is 2. The van der Waals surface area contributed by atoms with Crippen LogP contribution in [-0.2, 0) is 19.0 Å². The monoisotopic (exact) mass is 333 g/mol. The highest BCUT2D eigenvalue weighted by Gasteiger charge is 2.18. The summed E-state index contributed by atoms with van der Waals surface area (Å²) in [6, 6.07) is 19.5. The van der Waals surface area contributed by atoms with Gasteiger partial charge in [-0.05, 0) is 22.1 Å². The van der Waals surface area contributed by atoms with Crippen LogP contribution in [0, 0.1) is 0 Å². The summed E-state index contributed by atoms with van der Waals surface area (Å²) in [6.07, 6.45) is 3.84. The van der Waals surface area contributed by atoms with Crippen LogP contribution in [0.3, 0.4) is 0 Å². The van der Waals surface area contributed by atoms with Crippen molar-refractivity contribution in [2.75, 3.05) is 0 Å². The van der Waals surface area contributed by atoms with Gasteiger partial charge in [0.1, 0.15) is 5.82 Å². The van der Waals surface area contributed by atoms with E-state index in [2.05, 4.69) is 84.2 Å². The molecule has 130 valence electrons. The molecule has 3 nitrogen and oxygen atoms in total. The average molecular weight is 333 g/mol. The number of nitrogens with one attached hydrogen (secondary N) is 1. The maximum absolute atomic E-state index is 4.55. The van der Waals surface area contributed by atoms with Crippen molar-refractivity contribution in [1.29, 1.82) is 0 Å². The first-order valence-electron chi connectivity index (χ1n) is 8.80. The number of imidazole rings is 1. The first-order chi connectivity index (χ1) is 11.9. The minimum absolute atomic E-state index is 0.0727. The lowest BCUT2D eigenvalue weighted by molar-refractivity contribution is 0.557. The van der Waals surface area contributed by atoms with E-state index in [1.807, 2.05) is 25.5 Å². The first kappa shape index (κ1) is 17.4. The zero-order valence-corrected chi connectivity index (χ0v) is 15.5. The van der Waals surface area contributed by atoms with Crippen LogP contribution in [0.15, 0.2) is 67.0 Å². The molecule has 0 amide bonds. The van der Waals surface area contributed by atoms with Gasteiger partial charge in [0.25, 0.3) is 0 Å². The summed E-state index contributed by atoms with van der Waals surface area (Å²) in [4.78, 5) is 4.55. The molecule has 3 aromatic rings. The quantitative estimate of drug-likeness (QED) is 0.740. The third-order valence-electron chi connectivity index (χ3n) is 4.58. The largest absolute Gasteiger partial charge is 0.336 e. The molecule has 0 bridgehead atoms. The molecule has 1 aromatic heterocycles. The number of benzene rings is 2. The molecule has 2 aromatic carbocycles. The Bertz CT molecular complexity index is 795. The highest BCUT2D eigenvalue weighted by molar-refractivity contribution is 5.29. The van der Waals surface area contributed by atoms with E-state index in [1.54, 1.807) is 0 Å². The molecule has 0 aliphatic rings. The van der Waals surface area contributed by atoms with Crippen LogP contribution in [-0.4, -0.2) is 9.55 Å². The van der Waals surface area contributed by atoms with Crippen molar-refractivity contribution in [1.82, 2.24) is 14.9 Å². The molecular formula is C22H27N3. The minimum Gasteiger partial charge on any atom is -0.336 e. The Kier molecular flexibility index (Phi) is 5.05. The van der Waals surface area contributed by atoms with Gasteiger partial charge in [-0.3, -0.25) is 5.32 Å². The summed E-state index contributed by atoms with van der Waals surface area (Å²) in [5.41, 5.74) is 4.05. The highest BCUT2D eigenvalue weighted by Crippen LogP contribution is 2.23. The Balaban J connectivity index is 1.79. The van der Waals surface area contributed by atoms with Gasteiger partial charge < -0.3 is 4.57 Å². The number of hydrogen-bond donors (Lipinski definition) is 1. The van der Waals surface area contributed by atoms with Crippen LogP contribution < -0.4 is 5.32 Å². The fourth-order valence-electron chi connectivity index (χ4n) is 3.00. The van der Waals surface area contributed by atoms with Crippen LogP contribution in [0.1, 0.15) is 49.3 Å². The summed E-state index contributed by atoms with van der Waals surface area (Å²) >= 11 is 0. The molecule has 0 unspecified atom stereocenters. The van der Waals surface area contributed by atoms with Gasteiger partial charge in [0.05, 0.1) is 6.04 Å². The standard InChI is InChI=1S/C22H27N3/c1-22(2,3)19-12-10-17(11-13-19)16-24-20(18-8-6-5-7-9-18)21-23-14-15-25(21)4/h5-15,20,24H,16H2,1-4H3/t20-/m0/s1. The van der Waals surface area contributed by atoms with Crippen molar-refractivity contribution in [3.8, 4) is 0 Å². The Morgan fingerprint density at radius 2 is 1.68 bits per heavy atom. The SMILES string of the molecule is Cn1ccnc1[C@@H](NCc1ccc(C(C)(C)C)cc1)c1ccccc1. The molecule has 1 N–H and O–H groups in total. The number of hydrogen-bond acceptors (Lipinski definition) is 2. The van der Waals surface area contributed by atoms with Crippen molar-refractivity contribution in [2.24, 2.45) is 7.05 Å². The molecule has 1 heterocycles. The molecule has 3 heteroatoms. The number of aryl methyl sites for hydroxylation is 1. The van der Waals surface area contributed by atoms with E-state index >= 15 is 0 Å². The molecule has 1 atom stereocenters. The summed E-state index contributed by atoms with van der Waals surface area (Å²) in [5.74, 6) is 1.03. The molecule has 0 saturated carbocycles. The van der Waals surface area contributed by atoms with Gasteiger partial charge in [0, 0.05) is 26.0 Å². The Morgan fingerprint density at radius 3 is 2.24 bits per heavy atom. The van der Waals surface area contributed by atoms with Gasteiger partial charge in [-0.2, -0.15) is 0 Å². The Labute approximate surface area is 150 Å². The fourth-order valence-corrected chi connectivity index (χ4v) is 3.00. The number of aromatic nitrogens is 2. The van der Waals surface area contributed by atoms with Crippen LogP contribution in [0.25, 0.3) is 0 Å². The second-order valence-electron chi connectivity index (χ2n) is 7.57. The lowest BCUT2D eigenvalue weighted by Gasteiger charge is -2.21. The van der Waals surface area contributed by atoms with Gasteiger partial charge in [0.15, 0.2) is 0 Å². The van der Waals surface area contributed by atoms with E-state index in [0.717, 1.165) is 12.4 Å². The average Bonchev–Trinajstić information content (AvgIpc) is 3.02. The van der Waals surface area contributed by atoms with E-state index in [0.29, 0.717) is 0 Å². The first-order valence-corrected chi connectivity index (χ1v) is 8.80. The van der Waals surface area contributed by atoms with Crippen molar-refractivity contribution in [3.63, 3.8) is 0 Å². The molecule has 0 radical (unpaired) electrons. The van der Waals surface area contributed by atoms with E-state index in [1.165, 1.54) is 16.7 Å². The third kappa shape index (κ3) is 4.18. The van der Waals surface area contributed by atoms with Gasteiger partial charge in [-0.1, -0.05) is 75.4 Å². The molecule has 25 heavy (non-hydrogen) atoms. The smallest absolute Gasteiger partial charge is 0.130 e. The van der Waals surface area contributed by atoms with E-state index in [-0.39, 0.29) is 11.5 Å². The van der Waals surface area contributed by atoms with Crippen molar-refractivity contribution < 1.29 is 0 Å². The maximum Gasteiger partial charge on any atom is 0.130 e. The predicted molar refractivity (Wildman–Crippen MR) is 103 cm³/mol. The lowest BCUT2D eigenvalue weighted by Crippen LogP contribution is -2.24. The molecule has 3 rings (SSSR count). The van der Waals surface area contributed by atoms with E-state index < -0.39 is 0 Å². The van der Waals surface area contributed by atoms with Gasteiger partial charge in [0.2, 0.25) is 0 Å². The number of rotatable bonds is 5. The van der Waals surface area contributed by atoms with Crippen LogP contribution >= 0.6 is 0 Å². The molecule has 0 saturated heterocycles. The second kappa shape index (κ2) is 7.24. The summed E-state index contributed by atoms with van der Waals surface area (Å²) in [6.45, 7) is 7.53. The Morgan fingerprint density at radius 1 is 1.00 bits per heavy atom. The van der Waals surface area contributed by atoms with Crippen molar-refractivity contribution in [3.05, 3.63) is 89.5 Å². The van der Waals surface area contributed by atoms with Gasteiger partial charge in [-0.25, -0.2) is 4.98 Å². The summed E-state index contributed by atoms with van der Waals surface area (Å²) < 4.78 is 2.08. The zero-order valence-electron chi connectivity index (χ0n) is 15.5. The van der Waals surface area contributed by atoms with Crippen LogP contribution in [0.5, 0.6) is 0 Å². The van der Waals surface area contributed by atoms with Crippen molar-refractivity contribution in [2.45, 2.75) is 38.8 Å². The van der Waals surface area contributed by atoms with Crippen LogP contribution in [0.4, 0.5) is 0 Å². The minimum atomic E-state index is 0.0727. The molecular weight excluding hydrogens is 306 g/mol. The van der Waals surface area contributed by atoms with E-state index in [9.17, 15) is 0 Å². The highest BCUT2D eigenvalue weighted by atomic mass is 15.1. The van der Waals surface area contributed by atoms with Crippen LogP contribution in [0.2, 0.25) is 0 Å². The van der Waals surface area contributed by atoms with E-state index in [4.69, 9.17) is 0 Å². The zero-order chi connectivity index (χ0) is 17.9. The lowest BCUT2D eigenvalue weighted by atomic mass is 9.87. The van der Waals surface area contributed by atoms with Gasteiger partial charge in [-0.15, -0.1) is 0 Å². The molecule has 0 fully saturated rings. The summed E-state index contributed by atoms with van der Waals surface area (Å²) in [7, 11) is 2.04. The topological polar surface area (TPSA) is 29.9 Å². The van der Waals surface area contributed by atoms with Gasteiger partial charge >= 0.3 is 0 Å². The fraction of sp³-hybridized carbons (Fsp3) is 0.318. The third-order valence-corrected chi connectivity index (χ3v) is 4.58. The summed E-state index contributed by atoms with van der Waals surface area (Å²) in [5, 5.41) is 3.67. The van der Waals surface area contributed by atoms with Crippen molar-refractivity contribution >= 4 is 0 Å². The molecule has 0 spiro atoms.